The maximum atomic E-state index is 11.6. The van der Waals surface area contributed by atoms with E-state index >= 15 is 0 Å². The van der Waals surface area contributed by atoms with Crippen LogP contribution in [0.15, 0.2) is 18.2 Å². The Morgan fingerprint density at radius 1 is 1.27 bits per heavy atom. The summed E-state index contributed by atoms with van der Waals surface area (Å²) in [6.45, 7) is 0. The zero-order chi connectivity index (χ0) is 16.0. The van der Waals surface area contributed by atoms with Crippen LogP contribution < -0.4 is 9.47 Å². The average Bonchev–Trinajstić information content (AvgIpc) is 2.35. The molecule has 22 heavy (non-hydrogen) atoms. The molecule has 0 spiro atoms. The highest BCUT2D eigenvalue weighted by atomic mass is 32.2. The van der Waals surface area contributed by atoms with Gasteiger partial charge in [-0.3, -0.25) is 4.79 Å². The van der Waals surface area contributed by atoms with Crippen molar-refractivity contribution in [1.82, 2.24) is 0 Å². The van der Waals surface area contributed by atoms with Crippen LogP contribution in [0.2, 0.25) is 0 Å². The molecule has 1 aliphatic heterocycles. The Morgan fingerprint density at radius 3 is 2.41 bits per heavy atom. The SMILES string of the molecule is COc1ccc(C2(C(=O)O)CCC2)cc1OC1CS(=O)(=O)C1. The lowest BCUT2D eigenvalue weighted by Gasteiger charge is -2.38. The van der Waals surface area contributed by atoms with Crippen molar-refractivity contribution in [3.05, 3.63) is 23.8 Å². The van der Waals surface area contributed by atoms with Crippen molar-refractivity contribution < 1.29 is 27.8 Å². The van der Waals surface area contributed by atoms with Crippen LogP contribution in [-0.2, 0) is 20.0 Å². The molecule has 1 saturated heterocycles. The van der Waals surface area contributed by atoms with Gasteiger partial charge in [-0.15, -0.1) is 0 Å². The van der Waals surface area contributed by atoms with Crippen LogP contribution >= 0.6 is 0 Å². The third-order valence-corrected chi connectivity index (χ3v) is 6.27. The van der Waals surface area contributed by atoms with Gasteiger partial charge in [0.05, 0.1) is 24.0 Å². The summed E-state index contributed by atoms with van der Waals surface area (Å²) in [5.41, 5.74) is -0.167. The Labute approximate surface area is 129 Å². The first-order valence-corrected chi connectivity index (χ1v) is 8.97. The number of hydrogen-bond donors (Lipinski definition) is 1. The predicted octanol–water partition coefficient (Wildman–Crippen LogP) is 1.38. The monoisotopic (exact) mass is 326 g/mol. The molecular formula is C15H18O6S. The molecule has 3 rings (SSSR count). The Kier molecular flexibility index (Phi) is 3.55. The number of ether oxygens (including phenoxy) is 2. The molecule has 7 heteroatoms. The molecule has 0 bridgehead atoms. The predicted molar refractivity (Wildman–Crippen MR) is 79.2 cm³/mol. The molecule has 1 aromatic carbocycles. The molecule has 1 N–H and O–H groups in total. The molecule has 1 aliphatic carbocycles. The lowest BCUT2D eigenvalue weighted by atomic mass is 9.64. The first kappa shape index (κ1) is 15.1. The number of sulfone groups is 1. The molecule has 2 aliphatic rings. The van der Waals surface area contributed by atoms with E-state index in [0.29, 0.717) is 29.9 Å². The Balaban J connectivity index is 1.88. The van der Waals surface area contributed by atoms with Gasteiger partial charge in [0.1, 0.15) is 6.10 Å². The Bertz CT molecular complexity index is 693. The number of carboxylic acids is 1. The van der Waals surface area contributed by atoms with Crippen LogP contribution in [0.25, 0.3) is 0 Å². The molecule has 0 unspecified atom stereocenters. The third-order valence-electron chi connectivity index (χ3n) is 4.51. The van der Waals surface area contributed by atoms with Gasteiger partial charge >= 0.3 is 5.97 Å². The van der Waals surface area contributed by atoms with Gasteiger partial charge in [0, 0.05) is 0 Å². The van der Waals surface area contributed by atoms with Crippen molar-refractivity contribution in [2.75, 3.05) is 18.6 Å². The van der Waals surface area contributed by atoms with Crippen molar-refractivity contribution in [2.24, 2.45) is 0 Å². The van der Waals surface area contributed by atoms with Crippen molar-refractivity contribution in [2.45, 2.75) is 30.8 Å². The van der Waals surface area contributed by atoms with Crippen molar-refractivity contribution >= 4 is 15.8 Å². The van der Waals surface area contributed by atoms with Crippen LogP contribution in [0.1, 0.15) is 24.8 Å². The molecule has 6 nitrogen and oxygen atoms in total. The van der Waals surface area contributed by atoms with Gasteiger partial charge in [-0.25, -0.2) is 8.42 Å². The molecule has 0 atom stereocenters. The molecule has 1 heterocycles. The maximum Gasteiger partial charge on any atom is 0.314 e. The van der Waals surface area contributed by atoms with Crippen LogP contribution in [-0.4, -0.2) is 44.2 Å². The van der Waals surface area contributed by atoms with Gasteiger partial charge in [-0.2, -0.15) is 0 Å². The standard InChI is InChI=1S/C15H18O6S/c1-20-12-4-3-10(15(14(16)17)5-2-6-15)7-13(12)21-11-8-22(18,19)9-11/h3-4,7,11H,2,5-6,8-9H2,1H3,(H,16,17). The van der Waals surface area contributed by atoms with Crippen molar-refractivity contribution in [1.29, 1.82) is 0 Å². The van der Waals surface area contributed by atoms with Gasteiger partial charge in [0.15, 0.2) is 21.3 Å². The van der Waals surface area contributed by atoms with E-state index in [1.54, 1.807) is 18.2 Å². The molecule has 0 amide bonds. The highest BCUT2D eigenvalue weighted by molar-refractivity contribution is 7.92. The minimum absolute atomic E-state index is 0.00947. The maximum absolute atomic E-state index is 11.6. The second-order valence-corrected chi connectivity index (χ2v) is 8.08. The zero-order valence-electron chi connectivity index (χ0n) is 12.2. The smallest absolute Gasteiger partial charge is 0.314 e. The van der Waals surface area contributed by atoms with Crippen molar-refractivity contribution in [3.63, 3.8) is 0 Å². The lowest BCUT2D eigenvalue weighted by Crippen LogP contribution is -2.45. The van der Waals surface area contributed by atoms with E-state index in [4.69, 9.17) is 9.47 Å². The fraction of sp³-hybridized carbons (Fsp3) is 0.533. The summed E-state index contributed by atoms with van der Waals surface area (Å²) >= 11 is 0. The van der Waals surface area contributed by atoms with Crippen molar-refractivity contribution in [3.8, 4) is 11.5 Å². The molecule has 1 saturated carbocycles. The first-order valence-electron chi connectivity index (χ1n) is 7.15. The van der Waals surface area contributed by atoms with Gasteiger partial charge in [0.25, 0.3) is 0 Å². The molecule has 1 aromatic rings. The van der Waals surface area contributed by atoms with Crippen LogP contribution in [0, 0.1) is 0 Å². The molecule has 120 valence electrons. The minimum Gasteiger partial charge on any atom is -0.493 e. The quantitative estimate of drug-likeness (QED) is 0.879. The number of carbonyl (C=O) groups is 1. The topological polar surface area (TPSA) is 89.9 Å². The number of benzene rings is 1. The summed E-state index contributed by atoms with van der Waals surface area (Å²) in [5, 5.41) is 9.51. The molecular weight excluding hydrogens is 308 g/mol. The summed E-state index contributed by atoms with van der Waals surface area (Å²) in [4.78, 5) is 11.6. The second kappa shape index (κ2) is 5.15. The summed E-state index contributed by atoms with van der Waals surface area (Å²) in [7, 11) is -1.48. The number of methoxy groups -OCH3 is 1. The zero-order valence-corrected chi connectivity index (χ0v) is 13.1. The summed E-state index contributed by atoms with van der Waals surface area (Å²) < 4.78 is 33.4. The van der Waals surface area contributed by atoms with E-state index < -0.39 is 27.3 Å². The third kappa shape index (κ3) is 2.43. The first-order chi connectivity index (χ1) is 10.4. The van der Waals surface area contributed by atoms with Crippen LogP contribution in [0.3, 0.4) is 0 Å². The van der Waals surface area contributed by atoms with Gasteiger partial charge in [-0.05, 0) is 30.5 Å². The highest BCUT2D eigenvalue weighted by Gasteiger charge is 2.46. The fourth-order valence-corrected chi connectivity index (χ4v) is 4.16. The fourth-order valence-electron chi connectivity index (χ4n) is 2.99. The van der Waals surface area contributed by atoms with Crippen LogP contribution in [0.5, 0.6) is 11.5 Å². The Morgan fingerprint density at radius 2 is 1.95 bits per heavy atom. The molecule has 0 radical (unpaired) electrons. The number of aliphatic carboxylic acids is 1. The normalized spacial score (nSPS) is 22.2. The van der Waals surface area contributed by atoms with Crippen LogP contribution in [0.4, 0.5) is 0 Å². The van der Waals surface area contributed by atoms with E-state index in [1.807, 2.05) is 0 Å². The summed E-state index contributed by atoms with van der Waals surface area (Å²) in [6, 6.07) is 5.11. The van der Waals surface area contributed by atoms with Gasteiger partial charge < -0.3 is 14.6 Å². The van der Waals surface area contributed by atoms with E-state index in [-0.39, 0.29) is 11.5 Å². The van der Waals surface area contributed by atoms with Gasteiger partial charge in [0.2, 0.25) is 0 Å². The summed E-state index contributed by atoms with van der Waals surface area (Å²) in [6.07, 6.45) is 1.70. The van der Waals surface area contributed by atoms with Gasteiger partial charge in [-0.1, -0.05) is 12.5 Å². The Hall–Kier alpha value is -1.76. The van der Waals surface area contributed by atoms with E-state index in [2.05, 4.69) is 0 Å². The molecule has 0 aromatic heterocycles. The van der Waals surface area contributed by atoms with E-state index in [1.165, 1.54) is 7.11 Å². The average molecular weight is 326 g/mol. The minimum atomic E-state index is -2.98. The highest BCUT2D eigenvalue weighted by Crippen LogP contribution is 2.46. The van der Waals surface area contributed by atoms with E-state index in [0.717, 1.165) is 6.42 Å². The van der Waals surface area contributed by atoms with E-state index in [9.17, 15) is 18.3 Å². The summed E-state index contributed by atoms with van der Waals surface area (Å²) in [5.74, 6) is 0.0379. The number of carboxylic acid groups (broad SMARTS) is 1. The second-order valence-electron chi connectivity index (χ2n) is 5.92. The largest absolute Gasteiger partial charge is 0.493 e. The number of rotatable bonds is 5. The molecule has 2 fully saturated rings. The number of hydrogen-bond acceptors (Lipinski definition) is 5. The lowest BCUT2D eigenvalue weighted by molar-refractivity contribution is -0.147.